The third-order valence-corrected chi connectivity index (χ3v) is 3.93. The third kappa shape index (κ3) is 15.7. The van der Waals surface area contributed by atoms with Crippen LogP contribution in [0.15, 0.2) is 0 Å². The van der Waals surface area contributed by atoms with Gasteiger partial charge in [0.1, 0.15) is 0 Å². The topological polar surface area (TPSA) is 138 Å². The molecule has 0 saturated carbocycles. The number of imide groups is 3. The fourth-order valence-electron chi connectivity index (χ4n) is 1.63. The minimum atomic E-state index is -1.36. The number of amides is 3. The molecule has 0 aliphatic rings. The Hall–Kier alpha value is -2.05. The number of hydrogen-bond donors (Lipinski definition) is 2. The van der Waals surface area contributed by atoms with Crippen LogP contribution in [0.25, 0.3) is 0 Å². The fraction of sp³-hybridized carbons (Fsp3) is 0.571. The molecule has 0 unspecified atom stereocenters. The number of alkyl halides is 2. The van der Waals surface area contributed by atoms with Crippen LogP contribution in [0, 0.1) is 23.7 Å². The van der Waals surface area contributed by atoms with E-state index in [1.165, 1.54) is 6.92 Å². The number of hydrogen-bond acceptors (Lipinski definition) is 8. The first kappa shape index (κ1) is 32.1. The summed E-state index contributed by atoms with van der Waals surface area (Å²) < 4.78 is 4.52. The smallest absolute Gasteiger partial charge is 0.424 e. The zero-order valence-electron chi connectivity index (χ0n) is 17.8. The maximum atomic E-state index is 11.8. The van der Waals surface area contributed by atoms with Crippen molar-refractivity contribution in [3.05, 3.63) is 0 Å². The Bertz CT molecular complexity index is 692. The van der Waals surface area contributed by atoms with Crippen molar-refractivity contribution in [2.45, 2.75) is 45.4 Å². The molecule has 0 spiro atoms. The van der Waals surface area contributed by atoms with E-state index in [1.54, 1.807) is 0 Å². The van der Waals surface area contributed by atoms with E-state index in [-0.39, 0.29) is 48.2 Å². The van der Waals surface area contributed by atoms with Gasteiger partial charge in [-0.25, -0.2) is 4.79 Å². The van der Waals surface area contributed by atoms with E-state index in [1.807, 2.05) is 0 Å². The van der Waals surface area contributed by atoms with Gasteiger partial charge in [-0.3, -0.25) is 19.2 Å². The van der Waals surface area contributed by atoms with Gasteiger partial charge in [0.05, 0.1) is 6.61 Å². The summed E-state index contributed by atoms with van der Waals surface area (Å²) in [6.45, 7) is 1.74. The monoisotopic (exact) mass is 579 g/mol. The van der Waals surface area contributed by atoms with E-state index < -0.39 is 29.5 Å². The van der Waals surface area contributed by atoms with Gasteiger partial charge in [-0.1, -0.05) is 43.7 Å². The number of Topliss-reactive ketones (excluding diaryl/α,β-unsaturated/α-hetero) is 2. The number of ketones is 2. The van der Waals surface area contributed by atoms with Crippen LogP contribution in [-0.4, -0.2) is 75.1 Å². The quantitative estimate of drug-likeness (QED) is 0.163. The average Bonchev–Trinajstić information content (AvgIpc) is 2.76. The second kappa shape index (κ2) is 22.2. The van der Waals surface area contributed by atoms with E-state index in [9.17, 15) is 24.0 Å². The summed E-state index contributed by atoms with van der Waals surface area (Å²) in [5, 5.41) is 17.2. The fourth-order valence-corrected chi connectivity index (χ4v) is 2.35. The number of ether oxygens (including phenoxy) is 1. The van der Waals surface area contributed by atoms with Crippen molar-refractivity contribution in [3.63, 3.8) is 0 Å². The number of carbonyl (C=O) groups is 5. The lowest BCUT2D eigenvalue weighted by atomic mass is 10.2. The van der Waals surface area contributed by atoms with E-state index in [0.29, 0.717) is 25.7 Å². The lowest BCUT2D eigenvalue weighted by Gasteiger charge is -2.16. The lowest BCUT2D eigenvalue weighted by molar-refractivity contribution is -0.153. The molecule has 11 heteroatoms. The molecular formula is C21H27Br2NO8. The van der Waals surface area contributed by atoms with Crippen LogP contribution in [-0.2, 0) is 23.9 Å². The van der Waals surface area contributed by atoms with Crippen molar-refractivity contribution in [1.29, 1.82) is 0 Å². The number of nitrogens with zero attached hydrogens (tertiary/aromatic N) is 1. The SMILES string of the molecule is CCOC(=O)N(C(=O)C(=O)CCBr)C(=O)C(=O)CCBr.OCCCC#CC#CCCCO. The summed E-state index contributed by atoms with van der Waals surface area (Å²) in [6, 6.07) is 0. The number of carbonyl (C=O) groups excluding carboxylic acids is 5. The molecule has 0 saturated heterocycles. The Morgan fingerprint density at radius 2 is 1.22 bits per heavy atom. The van der Waals surface area contributed by atoms with Crippen molar-refractivity contribution in [1.82, 2.24) is 4.90 Å². The first-order chi connectivity index (χ1) is 15.3. The highest BCUT2D eigenvalue weighted by molar-refractivity contribution is 9.09. The molecule has 9 nitrogen and oxygen atoms in total. The zero-order chi connectivity index (χ0) is 24.8. The van der Waals surface area contributed by atoms with Crippen LogP contribution >= 0.6 is 31.9 Å². The van der Waals surface area contributed by atoms with E-state index in [2.05, 4.69) is 60.3 Å². The Morgan fingerprint density at radius 1 is 0.812 bits per heavy atom. The number of aliphatic hydroxyl groups is 2. The van der Waals surface area contributed by atoms with Crippen LogP contribution < -0.4 is 0 Å². The Labute approximate surface area is 204 Å². The predicted molar refractivity (Wildman–Crippen MR) is 124 cm³/mol. The lowest BCUT2D eigenvalue weighted by Crippen LogP contribution is -2.48. The Balaban J connectivity index is 0. The van der Waals surface area contributed by atoms with E-state index in [0.717, 1.165) is 0 Å². The summed E-state index contributed by atoms with van der Waals surface area (Å²) in [6.07, 6.45) is 1.10. The van der Waals surface area contributed by atoms with Gasteiger partial charge in [0.15, 0.2) is 0 Å². The maximum absolute atomic E-state index is 11.8. The molecule has 0 heterocycles. The molecule has 0 aliphatic carbocycles. The standard InChI is InChI=1S/C11H13Br2NO6.C10H14O2/c1-2-20-11(19)14(9(17)7(15)3-5-12)10(18)8(16)4-6-13;11-9-7-5-3-1-2-4-6-8-10-12/h2-6H2,1H3;11-12H,5-10H2. The highest BCUT2D eigenvalue weighted by Crippen LogP contribution is 2.04. The van der Waals surface area contributed by atoms with Crippen molar-refractivity contribution in [2.24, 2.45) is 0 Å². The minimum Gasteiger partial charge on any atom is -0.449 e. The second-order valence-electron chi connectivity index (χ2n) is 5.63. The molecule has 0 rings (SSSR count). The first-order valence-corrected chi connectivity index (χ1v) is 12.0. The van der Waals surface area contributed by atoms with Crippen LogP contribution in [0.3, 0.4) is 0 Å². The second-order valence-corrected chi connectivity index (χ2v) is 7.21. The first-order valence-electron chi connectivity index (χ1n) is 9.72. The van der Waals surface area contributed by atoms with Gasteiger partial charge in [-0.2, -0.15) is 4.90 Å². The Kier molecular flexibility index (Phi) is 22.2. The molecule has 0 aliphatic heterocycles. The van der Waals surface area contributed by atoms with Gasteiger partial charge in [-0.15, -0.1) is 0 Å². The van der Waals surface area contributed by atoms with Gasteiger partial charge in [0.25, 0.3) is 0 Å². The largest absolute Gasteiger partial charge is 0.449 e. The molecule has 0 aromatic heterocycles. The molecule has 32 heavy (non-hydrogen) atoms. The third-order valence-electron chi connectivity index (χ3n) is 3.14. The molecule has 0 aromatic carbocycles. The highest BCUT2D eigenvalue weighted by atomic mass is 79.9. The predicted octanol–water partition coefficient (Wildman–Crippen LogP) is 1.74. The summed E-state index contributed by atoms with van der Waals surface area (Å²) in [4.78, 5) is 58.0. The maximum Gasteiger partial charge on any atom is 0.424 e. The normalized spacial score (nSPS) is 9.03. The summed E-state index contributed by atoms with van der Waals surface area (Å²) in [7, 11) is 0. The number of halogens is 2. The van der Waals surface area contributed by atoms with Gasteiger partial charge in [0, 0.05) is 49.6 Å². The molecule has 0 atom stereocenters. The van der Waals surface area contributed by atoms with Crippen molar-refractivity contribution >= 4 is 61.3 Å². The highest BCUT2D eigenvalue weighted by Gasteiger charge is 2.36. The number of rotatable bonds is 11. The molecular weight excluding hydrogens is 554 g/mol. The molecule has 0 fully saturated rings. The summed E-state index contributed by atoms with van der Waals surface area (Å²) in [5.74, 6) is 6.33. The molecule has 0 radical (unpaired) electrons. The van der Waals surface area contributed by atoms with Crippen LogP contribution in [0.1, 0.15) is 45.4 Å². The van der Waals surface area contributed by atoms with Gasteiger partial charge < -0.3 is 14.9 Å². The van der Waals surface area contributed by atoms with E-state index >= 15 is 0 Å². The molecule has 3 amide bonds. The van der Waals surface area contributed by atoms with Crippen LogP contribution in [0.2, 0.25) is 0 Å². The van der Waals surface area contributed by atoms with Gasteiger partial charge in [-0.05, 0) is 31.6 Å². The van der Waals surface area contributed by atoms with Crippen molar-refractivity contribution in [3.8, 4) is 23.7 Å². The van der Waals surface area contributed by atoms with E-state index in [4.69, 9.17) is 10.2 Å². The zero-order valence-corrected chi connectivity index (χ0v) is 21.0. The van der Waals surface area contributed by atoms with Crippen LogP contribution in [0.5, 0.6) is 0 Å². The van der Waals surface area contributed by atoms with Crippen molar-refractivity contribution < 1.29 is 38.9 Å². The van der Waals surface area contributed by atoms with Crippen LogP contribution in [0.4, 0.5) is 4.79 Å². The number of unbranched alkanes of at least 4 members (excludes halogenated alkanes) is 2. The average molecular weight is 581 g/mol. The summed E-state index contributed by atoms with van der Waals surface area (Å²) in [5.41, 5.74) is 0. The molecule has 0 bridgehead atoms. The van der Waals surface area contributed by atoms with Crippen molar-refractivity contribution in [2.75, 3.05) is 30.5 Å². The van der Waals surface area contributed by atoms with Gasteiger partial charge >= 0.3 is 17.9 Å². The molecule has 178 valence electrons. The Morgan fingerprint density at radius 3 is 1.53 bits per heavy atom. The number of aliphatic hydroxyl groups excluding tert-OH is 2. The van der Waals surface area contributed by atoms with Gasteiger partial charge in [0.2, 0.25) is 11.6 Å². The molecule has 2 N–H and O–H groups in total. The minimum absolute atomic E-state index is 0.0422. The molecule has 0 aromatic rings. The summed E-state index contributed by atoms with van der Waals surface area (Å²) >= 11 is 5.92.